The first-order chi connectivity index (χ1) is 8.63. The Bertz CT molecular complexity index is 484. The van der Waals surface area contributed by atoms with E-state index in [1.165, 1.54) is 6.07 Å². The lowest BCUT2D eigenvalue weighted by Crippen LogP contribution is -2.37. The number of carboxylic acid groups (broad SMARTS) is 1. The Labute approximate surface area is 105 Å². The van der Waals surface area contributed by atoms with E-state index in [-0.39, 0.29) is 11.5 Å². The molecule has 0 aromatic heterocycles. The highest BCUT2D eigenvalue weighted by Crippen LogP contribution is 2.28. The minimum atomic E-state index is -0.946. The molecule has 0 saturated carbocycles. The van der Waals surface area contributed by atoms with E-state index in [0.717, 1.165) is 11.3 Å². The largest absolute Gasteiger partial charge is 0.478 e. The number of anilines is 1. The molecule has 5 nitrogen and oxygen atoms in total. The van der Waals surface area contributed by atoms with Gasteiger partial charge in [0, 0.05) is 25.8 Å². The molecule has 18 heavy (non-hydrogen) atoms. The second-order valence-electron chi connectivity index (χ2n) is 4.19. The van der Waals surface area contributed by atoms with Crippen molar-refractivity contribution < 1.29 is 19.4 Å². The van der Waals surface area contributed by atoms with Crippen LogP contribution < -0.4 is 4.90 Å². The summed E-state index contributed by atoms with van der Waals surface area (Å²) in [5.41, 5.74) is 1.97. The number of ether oxygens (including phenoxy) is 1. The quantitative estimate of drug-likeness (QED) is 0.873. The molecule has 0 spiro atoms. The molecule has 1 aliphatic rings. The van der Waals surface area contributed by atoms with Crippen LogP contribution >= 0.6 is 0 Å². The second kappa shape index (κ2) is 5.18. The van der Waals surface area contributed by atoms with Gasteiger partial charge in [0.25, 0.3) is 0 Å². The average Bonchev–Trinajstić information content (AvgIpc) is 2.37. The predicted molar refractivity (Wildman–Crippen MR) is 66.0 cm³/mol. The first-order valence-corrected chi connectivity index (χ1v) is 5.79. The van der Waals surface area contributed by atoms with Gasteiger partial charge in [-0.25, -0.2) is 4.79 Å². The molecule has 1 amide bonds. The summed E-state index contributed by atoms with van der Waals surface area (Å²) in [5.74, 6) is -0.888. The summed E-state index contributed by atoms with van der Waals surface area (Å²) in [4.78, 5) is 24.4. The van der Waals surface area contributed by atoms with E-state index in [9.17, 15) is 9.59 Å². The molecule has 0 bridgehead atoms. The van der Waals surface area contributed by atoms with Crippen LogP contribution in [0, 0.1) is 0 Å². The van der Waals surface area contributed by atoms with E-state index in [1.54, 1.807) is 24.1 Å². The smallest absolute Gasteiger partial charge is 0.335 e. The predicted octanol–water partition coefficient (Wildman–Crippen LogP) is 1.31. The summed E-state index contributed by atoms with van der Waals surface area (Å²) in [7, 11) is 1.59. The van der Waals surface area contributed by atoms with Crippen LogP contribution in [-0.4, -0.2) is 37.2 Å². The van der Waals surface area contributed by atoms with Crippen molar-refractivity contribution in [2.75, 3.05) is 25.2 Å². The summed E-state index contributed by atoms with van der Waals surface area (Å²) in [5, 5.41) is 8.95. The van der Waals surface area contributed by atoms with Crippen molar-refractivity contribution in [1.29, 1.82) is 0 Å². The van der Waals surface area contributed by atoms with Crippen LogP contribution in [0.4, 0.5) is 5.69 Å². The molecular formula is C13H15NO4. The van der Waals surface area contributed by atoms with Gasteiger partial charge in [-0.1, -0.05) is 0 Å². The number of amides is 1. The molecular weight excluding hydrogens is 234 g/mol. The third-order valence-corrected chi connectivity index (χ3v) is 3.05. The average molecular weight is 249 g/mol. The van der Waals surface area contributed by atoms with E-state index in [1.807, 2.05) is 0 Å². The molecule has 0 radical (unpaired) electrons. The van der Waals surface area contributed by atoms with Gasteiger partial charge < -0.3 is 14.7 Å². The zero-order valence-electron chi connectivity index (χ0n) is 10.2. The number of carboxylic acids is 1. The normalized spacial score (nSPS) is 14.5. The number of aromatic carboxylic acids is 1. The molecule has 0 unspecified atom stereocenters. The number of hydrogen-bond acceptors (Lipinski definition) is 3. The Morgan fingerprint density at radius 1 is 1.44 bits per heavy atom. The zero-order valence-corrected chi connectivity index (χ0v) is 10.2. The lowest BCUT2D eigenvalue weighted by Gasteiger charge is -2.29. The highest BCUT2D eigenvalue weighted by molar-refractivity contribution is 5.97. The Morgan fingerprint density at radius 3 is 2.89 bits per heavy atom. The third kappa shape index (κ3) is 2.36. The molecule has 1 aromatic rings. The van der Waals surface area contributed by atoms with Crippen molar-refractivity contribution >= 4 is 17.6 Å². The molecule has 0 aliphatic carbocycles. The van der Waals surface area contributed by atoms with Crippen LogP contribution in [-0.2, 0) is 16.0 Å². The monoisotopic (exact) mass is 249 g/mol. The maximum atomic E-state index is 11.8. The maximum absolute atomic E-state index is 11.8. The van der Waals surface area contributed by atoms with Crippen LogP contribution in [0.3, 0.4) is 0 Å². The topological polar surface area (TPSA) is 66.8 Å². The van der Waals surface area contributed by atoms with Crippen LogP contribution in [0.2, 0.25) is 0 Å². The lowest BCUT2D eigenvalue weighted by molar-refractivity contribution is -0.119. The van der Waals surface area contributed by atoms with E-state index in [0.29, 0.717) is 26.0 Å². The fourth-order valence-electron chi connectivity index (χ4n) is 2.12. The molecule has 96 valence electrons. The fourth-order valence-corrected chi connectivity index (χ4v) is 2.12. The van der Waals surface area contributed by atoms with E-state index in [2.05, 4.69) is 0 Å². The fraction of sp³-hybridized carbons (Fsp3) is 0.385. The van der Waals surface area contributed by atoms with Gasteiger partial charge in [-0.15, -0.1) is 0 Å². The highest BCUT2D eigenvalue weighted by Gasteiger charge is 2.24. The van der Waals surface area contributed by atoms with Gasteiger partial charge >= 0.3 is 5.97 Å². The number of hydrogen-bond donors (Lipinski definition) is 1. The van der Waals surface area contributed by atoms with Gasteiger partial charge in [0.1, 0.15) is 0 Å². The third-order valence-electron chi connectivity index (χ3n) is 3.05. The molecule has 0 atom stereocenters. The molecule has 1 N–H and O–H groups in total. The standard InChI is InChI=1S/C13H15NO4/c1-18-7-6-14-11-4-2-10(13(16)17)8-9(11)3-5-12(14)15/h2,4,8H,3,5-7H2,1H3,(H,16,17). The molecule has 2 rings (SSSR count). The highest BCUT2D eigenvalue weighted by atomic mass is 16.5. The van der Waals surface area contributed by atoms with Crippen molar-refractivity contribution in [3.63, 3.8) is 0 Å². The molecule has 1 aliphatic heterocycles. The Kier molecular flexibility index (Phi) is 3.62. The van der Waals surface area contributed by atoms with Gasteiger partial charge in [0.05, 0.1) is 12.2 Å². The zero-order chi connectivity index (χ0) is 13.1. The van der Waals surface area contributed by atoms with Crippen molar-refractivity contribution in [3.8, 4) is 0 Å². The van der Waals surface area contributed by atoms with Gasteiger partial charge in [-0.2, -0.15) is 0 Å². The van der Waals surface area contributed by atoms with Gasteiger partial charge in [0.15, 0.2) is 0 Å². The number of nitrogens with zero attached hydrogens (tertiary/aromatic N) is 1. The van der Waals surface area contributed by atoms with E-state index < -0.39 is 5.97 Å². The van der Waals surface area contributed by atoms with E-state index >= 15 is 0 Å². The molecule has 0 fully saturated rings. The van der Waals surface area contributed by atoms with Gasteiger partial charge in [-0.05, 0) is 30.2 Å². The number of carbonyl (C=O) groups is 2. The molecule has 5 heteroatoms. The summed E-state index contributed by atoms with van der Waals surface area (Å²) >= 11 is 0. The number of rotatable bonds is 4. The van der Waals surface area contributed by atoms with Crippen LogP contribution in [0.25, 0.3) is 0 Å². The second-order valence-corrected chi connectivity index (χ2v) is 4.19. The lowest BCUT2D eigenvalue weighted by atomic mass is 9.99. The Morgan fingerprint density at radius 2 is 2.22 bits per heavy atom. The molecule has 1 heterocycles. The first kappa shape index (κ1) is 12.6. The Hall–Kier alpha value is -1.88. The number of benzene rings is 1. The molecule has 0 saturated heterocycles. The Balaban J connectivity index is 2.32. The van der Waals surface area contributed by atoms with Crippen molar-refractivity contribution in [2.24, 2.45) is 0 Å². The van der Waals surface area contributed by atoms with E-state index in [4.69, 9.17) is 9.84 Å². The van der Waals surface area contributed by atoms with Crippen LogP contribution in [0.5, 0.6) is 0 Å². The van der Waals surface area contributed by atoms with Crippen molar-refractivity contribution in [2.45, 2.75) is 12.8 Å². The summed E-state index contributed by atoms with van der Waals surface area (Å²) in [6.07, 6.45) is 1.01. The van der Waals surface area contributed by atoms with Crippen LogP contribution in [0.1, 0.15) is 22.3 Å². The van der Waals surface area contributed by atoms with Gasteiger partial charge in [-0.3, -0.25) is 4.79 Å². The minimum absolute atomic E-state index is 0.0580. The van der Waals surface area contributed by atoms with Crippen molar-refractivity contribution in [3.05, 3.63) is 29.3 Å². The number of carbonyl (C=O) groups excluding carboxylic acids is 1. The SMILES string of the molecule is COCCN1C(=O)CCc2cc(C(=O)O)ccc21. The summed E-state index contributed by atoms with van der Waals surface area (Å²) < 4.78 is 4.98. The maximum Gasteiger partial charge on any atom is 0.335 e. The van der Waals surface area contributed by atoms with Crippen LogP contribution in [0.15, 0.2) is 18.2 Å². The number of aryl methyl sites for hydroxylation is 1. The number of methoxy groups -OCH3 is 1. The summed E-state index contributed by atoms with van der Waals surface area (Å²) in [6.45, 7) is 0.959. The molecule has 1 aromatic carbocycles. The van der Waals surface area contributed by atoms with Crippen molar-refractivity contribution in [1.82, 2.24) is 0 Å². The first-order valence-electron chi connectivity index (χ1n) is 5.79. The minimum Gasteiger partial charge on any atom is -0.478 e. The summed E-state index contributed by atoms with van der Waals surface area (Å²) in [6, 6.07) is 4.87. The number of fused-ring (bicyclic) bond motifs is 1. The van der Waals surface area contributed by atoms with Gasteiger partial charge in [0.2, 0.25) is 5.91 Å².